The van der Waals surface area contributed by atoms with Gasteiger partial charge in [-0.1, -0.05) is 30.3 Å². The number of anilines is 1. The standard InChI is InChI=1S/C21H26N4O4/c1-13-20(15(3)24(4)23-13)22-18(26)12-29-21(28)17-10-19(27)25(11-17)14(2)16-8-6-5-7-9-16/h5-9,14,17H,10-12H2,1-4H3,(H,22,26)/t14-,17-/m0/s1. The topological polar surface area (TPSA) is 93.5 Å². The molecule has 1 fully saturated rings. The van der Waals surface area contributed by atoms with E-state index in [0.717, 1.165) is 11.3 Å². The van der Waals surface area contributed by atoms with E-state index in [0.29, 0.717) is 11.4 Å². The van der Waals surface area contributed by atoms with Gasteiger partial charge in [0.15, 0.2) is 6.61 Å². The molecular formula is C21H26N4O4. The molecule has 2 aromatic rings. The smallest absolute Gasteiger partial charge is 0.311 e. The summed E-state index contributed by atoms with van der Waals surface area (Å²) in [6, 6.07) is 9.54. The van der Waals surface area contributed by atoms with E-state index in [1.54, 1.807) is 23.6 Å². The molecule has 8 heteroatoms. The highest BCUT2D eigenvalue weighted by Crippen LogP contribution is 2.29. The van der Waals surface area contributed by atoms with Crippen molar-refractivity contribution in [3.8, 4) is 0 Å². The predicted molar refractivity (Wildman–Crippen MR) is 107 cm³/mol. The van der Waals surface area contributed by atoms with E-state index in [1.165, 1.54) is 0 Å². The minimum atomic E-state index is -0.566. The van der Waals surface area contributed by atoms with Crippen LogP contribution in [-0.4, -0.2) is 45.6 Å². The number of esters is 1. The highest BCUT2D eigenvalue weighted by Gasteiger charge is 2.38. The SMILES string of the molecule is Cc1nn(C)c(C)c1NC(=O)COC(=O)[C@H]1CC(=O)N([C@@H](C)c2ccccc2)C1. The summed E-state index contributed by atoms with van der Waals surface area (Å²) >= 11 is 0. The number of nitrogens with one attached hydrogen (secondary N) is 1. The van der Waals surface area contributed by atoms with E-state index in [-0.39, 0.29) is 24.9 Å². The maximum absolute atomic E-state index is 12.4. The number of hydrogen-bond donors (Lipinski definition) is 1. The molecule has 2 amide bonds. The van der Waals surface area contributed by atoms with Crippen LogP contribution in [0.1, 0.15) is 36.3 Å². The molecule has 1 saturated heterocycles. The molecule has 2 atom stereocenters. The van der Waals surface area contributed by atoms with Crippen LogP contribution in [0.25, 0.3) is 0 Å². The number of hydrogen-bond acceptors (Lipinski definition) is 5. The van der Waals surface area contributed by atoms with Gasteiger partial charge in [0, 0.05) is 20.0 Å². The number of carbonyl (C=O) groups excluding carboxylic acids is 3. The fraction of sp³-hybridized carbons (Fsp3) is 0.429. The van der Waals surface area contributed by atoms with Crippen LogP contribution in [0.5, 0.6) is 0 Å². The highest BCUT2D eigenvalue weighted by molar-refractivity contribution is 5.94. The van der Waals surface area contributed by atoms with Gasteiger partial charge in [0.05, 0.1) is 29.0 Å². The first-order valence-corrected chi connectivity index (χ1v) is 9.59. The quantitative estimate of drug-likeness (QED) is 0.753. The summed E-state index contributed by atoms with van der Waals surface area (Å²) in [5, 5.41) is 6.96. The summed E-state index contributed by atoms with van der Waals surface area (Å²) < 4.78 is 6.84. The highest BCUT2D eigenvalue weighted by atomic mass is 16.5. The molecule has 3 rings (SSSR count). The lowest BCUT2D eigenvalue weighted by Gasteiger charge is -2.25. The maximum Gasteiger partial charge on any atom is 0.311 e. The van der Waals surface area contributed by atoms with Crippen LogP contribution in [-0.2, 0) is 26.2 Å². The van der Waals surface area contributed by atoms with Crippen molar-refractivity contribution in [3.63, 3.8) is 0 Å². The summed E-state index contributed by atoms with van der Waals surface area (Å²) in [5.74, 6) is -1.62. The van der Waals surface area contributed by atoms with Crippen molar-refractivity contribution in [2.45, 2.75) is 33.2 Å². The molecule has 0 radical (unpaired) electrons. The normalized spacial score (nSPS) is 17.3. The van der Waals surface area contributed by atoms with Crippen molar-refractivity contribution < 1.29 is 19.1 Å². The van der Waals surface area contributed by atoms with Crippen LogP contribution in [0.4, 0.5) is 5.69 Å². The van der Waals surface area contributed by atoms with Crippen molar-refractivity contribution in [1.29, 1.82) is 0 Å². The Labute approximate surface area is 169 Å². The molecule has 8 nitrogen and oxygen atoms in total. The third-order valence-electron chi connectivity index (χ3n) is 5.36. The van der Waals surface area contributed by atoms with Gasteiger partial charge in [-0.15, -0.1) is 0 Å². The zero-order chi connectivity index (χ0) is 21.1. The van der Waals surface area contributed by atoms with Gasteiger partial charge in [0.1, 0.15) is 0 Å². The van der Waals surface area contributed by atoms with Crippen molar-refractivity contribution >= 4 is 23.5 Å². The van der Waals surface area contributed by atoms with Gasteiger partial charge in [0.25, 0.3) is 5.91 Å². The lowest BCUT2D eigenvalue weighted by molar-refractivity contribution is -0.151. The van der Waals surface area contributed by atoms with Crippen molar-refractivity contribution in [1.82, 2.24) is 14.7 Å². The van der Waals surface area contributed by atoms with Crippen LogP contribution >= 0.6 is 0 Å². The second-order valence-electron chi connectivity index (χ2n) is 7.36. The number of carbonyl (C=O) groups is 3. The summed E-state index contributed by atoms with van der Waals surface area (Å²) in [5.41, 5.74) is 3.13. The van der Waals surface area contributed by atoms with E-state index < -0.39 is 24.4 Å². The molecule has 1 aromatic carbocycles. The molecular weight excluding hydrogens is 372 g/mol. The van der Waals surface area contributed by atoms with Crippen molar-refractivity contribution in [2.75, 3.05) is 18.5 Å². The van der Waals surface area contributed by atoms with Crippen LogP contribution < -0.4 is 5.32 Å². The molecule has 2 heterocycles. The Morgan fingerprint density at radius 3 is 2.59 bits per heavy atom. The number of ether oxygens (including phenoxy) is 1. The Hall–Kier alpha value is -3.16. The lowest BCUT2D eigenvalue weighted by Crippen LogP contribution is -2.30. The molecule has 0 bridgehead atoms. The molecule has 29 heavy (non-hydrogen) atoms. The molecule has 154 valence electrons. The Morgan fingerprint density at radius 1 is 1.28 bits per heavy atom. The number of nitrogens with zero attached hydrogens (tertiary/aromatic N) is 3. The zero-order valence-corrected chi connectivity index (χ0v) is 17.1. The molecule has 1 aliphatic heterocycles. The van der Waals surface area contributed by atoms with E-state index in [9.17, 15) is 14.4 Å². The molecule has 0 saturated carbocycles. The first-order valence-electron chi connectivity index (χ1n) is 9.59. The number of aryl methyl sites for hydroxylation is 2. The van der Waals surface area contributed by atoms with Gasteiger partial charge < -0.3 is 15.0 Å². The third-order valence-corrected chi connectivity index (χ3v) is 5.36. The van der Waals surface area contributed by atoms with Gasteiger partial charge >= 0.3 is 5.97 Å². The van der Waals surface area contributed by atoms with Crippen LogP contribution in [0, 0.1) is 19.8 Å². The summed E-state index contributed by atoms with van der Waals surface area (Å²) in [4.78, 5) is 38.6. The average Bonchev–Trinajstić information content (AvgIpc) is 3.21. The monoisotopic (exact) mass is 398 g/mol. The largest absolute Gasteiger partial charge is 0.455 e. The third kappa shape index (κ3) is 4.47. The maximum atomic E-state index is 12.4. The Kier molecular flexibility index (Phi) is 6.00. The van der Waals surface area contributed by atoms with Crippen LogP contribution in [0.2, 0.25) is 0 Å². The Balaban J connectivity index is 1.53. The minimum absolute atomic E-state index is 0.0886. The second kappa shape index (κ2) is 8.46. The molecule has 0 spiro atoms. The van der Waals surface area contributed by atoms with E-state index in [2.05, 4.69) is 10.4 Å². The van der Waals surface area contributed by atoms with Crippen molar-refractivity contribution in [3.05, 3.63) is 47.3 Å². The van der Waals surface area contributed by atoms with Gasteiger partial charge in [-0.05, 0) is 26.3 Å². The molecule has 0 aliphatic carbocycles. The van der Waals surface area contributed by atoms with Gasteiger partial charge in [-0.25, -0.2) is 0 Å². The van der Waals surface area contributed by atoms with E-state index >= 15 is 0 Å². The second-order valence-corrected chi connectivity index (χ2v) is 7.36. The summed E-state index contributed by atoms with van der Waals surface area (Å²) in [6.07, 6.45) is 0.0957. The van der Waals surface area contributed by atoms with Crippen molar-refractivity contribution in [2.24, 2.45) is 13.0 Å². The van der Waals surface area contributed by atoms with Crippen LogP contribution in [0.3, 0.4) is 0 Å². The minimum Gasteiger partial charge on any atom is -0.455 e. The van der Waals surface area contributed by atoms with E-state index in [1.807, 2.05) is 44.2 Å². The summed E-state index contributed by atoms with van der Waals surface area (Å²) in [6.45, 7) is 5.46. The molecule has 1 aliphatic rings. The first kappa shape index (κ1) is 20.6. The lowest BCUT2D eigenvalue weighted by atomic mass is 10.1. The number of likely N-dealkylation sites (tertiary alicyclic amines) is 1. The van der Waals surface area contributed by atoms with Gasteiger partial charge in [-0.3, -0.25) is 19.1 Å². The number of amides is 2. The van der Waals surface area contributed by atoms with Gasteiger partial charge in [-0.2, -0.15) is 5.10 Å². The summed E-state index contributed by atoms with van der Waals surface area (Å²) in [7, 11) is 1.79. The average molecular weight is 398 g/mol. The number of aromatic nitrogens is 2. The predicted octanol–water partition coefficient (Wildman–Crippen LogP) is 2.13. The zero-order valence-electron chi connectivity index (χ0n) is 17.1. The molecule has 1 N–H and O–H groups in total. The molecule has 0 unspecified atom stereocenters. The van der Waals surface area contributed by atoms with E-state index in [4.69, 9.17) is 4.74 Å². The fourth-order valence-electron chi connectivity index (χ4n) is 3.56. The Morgan fingerprint density at radius 2 is 1.97 bits per heavy atom. The fourth-order valence-corrected chi connectivity index (χ4v) is 3.56. The number of benzene rings is 1. The first-order chi connectivity index (χ1) is 13.8. The molecule has 1 aromatic heterocycles. The van der Waals surface area contributed by atoms with Crippen LogP contribution in [0.15, 0.2) is 30.3 Å². The Bertz CT molecular complexity index is 922. The van der Waals surface area contributed by atoms with Gasteiger partial charge in [0.2, 0.25) is 5.91 Å². The number of rotatable bonds is 6.